The van der Waals surface area contributed by atoms with E-state index in [9.17, 15) is 4.79 Å². The molecule has 1 fully saturated rings. The van der Waals surface area contributed by atoms with Gasteiger partial charge in [0, 0.05) is 6.21 Å². The van der Waals surface area contributed by atoms with Crippen LogP contribution in [-0.4, -0.2) is 28.0 Å². The number of hydrogen-bond donors (Lipinski definition) is 0. The predicted molar refractivity (Wildman–Crippen MR) is 47.1 cm³/mol. The minimum absolute atomic E-state index is 0.0293. The molecule has 1 amide bonds. The molecule has 2 rings (SSSR count). The fraction of sp³-hybridized carbons (Fsp3) is 0.500. The normalized spacial score (nSPS) is 39.0. The van der Waals surface area contributed by atoms with E-state index in [-0.39, 0.29) is 11.9 Å². The molecule has 64 valence electrons. The van der Waals surface area contributed by atoms with E-state index in [1.54, 1.807) is 13.1 Å². The number of hydrogen-bond acceptors (Lipinski definition) is 2. The Morgan fingerprint density at radius 3 is 3.33 bits per heavy atom. The van der Waals surface area contributed by atoms with Crippen molar-refractivity contribution < 1.29 is 4.79 Å². The van der Waals surface area contributed by atoms with Crippen LogP contribution in [0.2, 0.25) is 0 Å². The van der Waals surface area contributed by atoms with Gasteiger partial charge in [0.15, 0.2) is 0 Å². The standard InChI is InChI=1S/C8H9ClN2O/c1-8(9)6-4-2-3-5-10-11(6)7(8)12/h2-3,5-6H,4H2,1H3/t6-,8+/m1/s1. The highest BCUT2D eigenvalue weighted by Gasteiger charge is 2.56. The Morgan fingerprint density at radius 1 is 1.83 bits per heavy atom. The second-order valence-electron chi connectivity index (χ2n) is 3.17. The zero-order chi connectivity index (χ0) is 8.77. The van der Waals surface area contributed by atoms with Crippen molar-refractivity contribution in [3.05, 3.63) is 12.2 Å². The molecule has 0 unspecified atom stereocenters. The number of rotatable bonds is 0. The van der Waals surface area contributed by atoms with Gasteiger partial charge in [-0.05, 0) is 19.4 Å². The summed E-state index contributed by atoms with van der Waals surface area (Å²) in [6, 6.07) is 0.0293. The van der Waals surface area contributed by atoms with Gasteiger partial charge in [-0.25, -0.2) is 5.01 Å². The van der Waals surface area contributed by atoms with Gasteiger partial charge in [-0.2, -0.15) is 5.10 Å². The van der Waals surface area contributed by atoms with Gasteiger partial charge in [-0.1, -0.05) is 6.08 Å². The summed E-state index contributed by atoms with van der Waals surface area (Å²) >= 11 is 6.00. The minimum Gasteiger partial charge on any atom is -0.271 e. The monoisotopic (exact) mass is 184 g/mol. The van der Waals surface area contributed by atoms with Crippen LogP contribution in [0.4, 0.5) is 0 Å². The molecule has 0 aromatic rings. The third-order valence-electron chi connectivity index (χ3n) is 2.32. The number of amides is 1. The van der Waals surface area contributed by atoms with Crippen molar-refractivity contribution in [1.82, 2.24) is 5.01 Å². The van der Waals surface area contributed by atoms with E-state index in [0.29, 0.717) is 0 Å². The predicted octanol–water partition coefficient (Wildman–Crippen LogP) is 1.14. The first-order chi connectivity index (χ1) is 5.64. The summed E-state index contributed by atoms with van der Waals surface area (Å²) in [5.41, 5.74) is 0. The zero-order valence-electron chi connectivity index (χ0n) is 6.70. The molecule has 2 aliphatic rings. The van der Waals surface area contributed by atoms with Crippen LogP contribution in [-0.2, 0) is 4.79 Å². The zero-order valence-corrected chi connectivity index (χ0v) is 7.45. The van der Waals surface area contributed by atoms with E-state index < -0.39 is 4.87 Å². The first-order valence-electron chi connectivity index (χ1n) is 3.85. The average molecular weight is 185 g/mol. The number of halogens is 1. The summed E-state index contributed by atoms with van der Waals surface area (Å²) in [7, 11) is 0. The van der Waals surface area contributed by atoms with Crippen molar-refractivity contribution >= 4 is 23.7 Å². The fourth-order valence-corrected chi connectivity index (χ4v) is 1.77. The van der Waals surface area contributed by atoms with Crippen molar-refractivity contribution in [2.45, 2.75) is 24.3 Å². The quantitative estimate of drug-likeness (QED) is 0.411. The van der Waals surface area contributed by atoms with Crippen LogP contribution in [0.3, 0.4) is 0 Å². The number of β-lactam (4-membered cyclic amide) rings is 1. The fourth-order valence-electron chi connectivity index (χ4n) is 1.50. The second-order valence-corrected chi connectivity index (χ2v) is 3.95. The summed E-state index contributed by atoms with van der Waals surface area (Å²) < 4.78 is 0. The topological polar surface area (TPSA) is 32.7 Å². The Balaban J connectivity index is 2.27. The SMILES string of the molecule is C[C@@]1(Cl)C(=O)N2N=CC=CC[C@@H]21. The van der Waals surface area contributed by atoms with Crippen LogP contribution in [0.25, 0.3) is 0 Å². The van der Waals surface area contributed by atoms with Crippen molar-refractivity contribution in [3.63, 3.8) is 0 Å². The molecule has 0 aromatic heterocycles. The van der Waals surface area contributed by atoms with Gasteiger partial charge >= 0.3 is 0 Å². The van der Waals surface area contributed by atoms with E-state index in [1.807, 2.05) is 12.2 Å². The number of alkyl halides is 1. The molecule has 0 aromatic carbocycles. The smallest absolute Gasteiger partial charge is 0.266 e. The molecule has 0 aliphatic carbocycles. The molecule has 0 radical (unpaired) electrons. The van der Waals surface area contributed by atoms with Crippen LogP contribution in [0, 0.1) is 0 Å². The number of carbonyl (C=O) groups excluding carboxylic acids is 1. The van der Waals surface area contributed by atoms with Crippen molar-refractivity contribution in [2.75, 3.05) is 0 Å². The molecular formula is C8H9ClN2O. The van der Waals surface area contributed by atoms with Crippen LogP contribution in [0.1, 0.15) is 13.3 Å². The number of nitrogens with zero attached hydrogens (tertiary/aromatic N) is 2. The van der Waals surface area contributed by atoms with Crippen LogP contribution in [0.15, 0.2) is 17.3 Å². The summed E-state index contributed by atoms with van der Waals surface area (Å²) in [6.45, 7) is 1.74. The first kappa shape index (κ1) is 7.80. The van der Waals surface area contributed by atoms with Crippen molar-refractivity contribution in [3.8, 4) is 0 Å². The highest BCUT2D eigenvalue weighted by atomic mass is 35.5. The largest absolute Gasteiger partial charge is 0.271 e. The van der Waals surface area contributed by atoms with E-state index >= 15 is 0 Å². The van der Waals surface area contributed by atoms with Gasteiger partial charge in [-0.3, -0.25) is 4.79 Å². The maximum absolute atomic E-state index is 11.3. The molecule has 1 saturated heterocycles. The maximum atomic E-state index is 11.3. The lowest BCUT2D eigenvalue weighted by Crippen LogP contribution is -2.67. The molecule has 3 nitrogen and oxygen atoms in total. The van der Waals surface area contributed by atoms with E-state index in [4.69, 9.17) is 11.6 Å². The highest BCUT2D eigenvalue weighted by molar-refractivity contribution is 6.37. The van der Waals surface area contributed by atoms with Gasteiger partial charge in [0.1, 0.15) is 4.87 Å². The second kappa shape index (κ2) is 2.33. The molecular weight excluding hydrogens is 176 g/mol. The summed E-state index contributed by atoms with van der Waals surface area (Å²) in [6.07, 6.45) is 6.20. The van der Waals surface area contributed by atoms with E-state index in [0.717, 1.165) is 6.42 Å². The van der Waals surface area contributed by atoms with Gasteiger partial charge < -0.3 is 0 Å². The molecule has 0 saturated carbocycles. The Labute approximate surface area is 75.7 Å². The third-order valence-corrected chi connectivity index (χ3v) is 2.73. The molecule has 2 heterocycles. The Kier molecular flexibility index (Phi) is 1.51. The summed E-state index contributed by atoms with van der Waals surface area (Å²) in [5, 5.41) is 5.41. The number of hydrazone groups is 1. The Hall–Kier alpha value is -0.830. The van der Waals surface area contributed by atoms with Gasteiger partial charge in [0.2, 0.25) is 0 Å². The molecule has 2 aliphatic heterocycles. The van der Waals surface area contributed by atoms with Crippen LogP contribution < -0.4 is 0 Å². The van der Waals surface area contributed by atoms with Gasteiger partial charge in [0.05, 0.1) is 6.04 Å². The summed E-state index contributed by atoms with van der Waals surface area (Å²) in [5.74, 6) is -0.103. The van der Waals surface area contributed by atoms with Gasteiger partial charge in [0.25, 0.3) is 5.91 Å². The van der Waals surface area contributed by atoms with Crippen molar-refractivity contribution in [2.24, 2.45) is 5.10 Å². The third kappa shape index (κ3) is 0.829. The Bertz CT molecular complexity index is 283. The Morgan fingerprint density at radius 2 is 2.58 bits per heavy atom. The molecule has 12 heavy (non-hydrogen) atoms. The molecule has 4 heteroatoms. The average Bonchev–Trinajstić information content (AvgIpc) is 2.26. The van der Waals surface area contributed by atoms with Gasteiger partial charge in [-0.15, -0.1) is 11.6 Å². The maximum Gasteiger partial charge on any atom is 0.266 e. The molecule has 0 bridgehead atoms. The van der Waals surface area contributed by atoms with Crippen LogP contribution >= 0.6 is 11.6 Å². The van der Waals surface area contributed by atoms with E-state index in [1.165, 1.54) is 5.01 Å². The lowest BCUT2D eigenvalue weighted by atomic mass is 9.88. The lowest BCUT2D eigenvalue weighted by Gasteiger charge is -2.46. The highest BCUT2D eigenvalue weighted by Crippen LogP contribution is 2.39. The first-order valence-corrected chi connectivity index (χ1v) is 4.23. The number of carbonyl (C=O) groups is 1. The molecule has 0 spiro atoms. The molecule has 0 N–H and O–H groups in total. The lowest BCUT2D eigenvalue weighted by molar-refractivity contribution is -0.151. The van der Waals surface area contributed by atoms with Crippen LogP contribution in [0.5, 0.6) is 0 Å². The molecule has 2 atom stereocenters. The minimum atomic E-state index is -0.744. The summed E-state index contributed by atoms with van der Waals surface area (Å²) in [4.78, 5) is 10.6. The van der Waals surface area contributed by atoms with Crippen molar-refractivity contribution in [1.29, 1.82) is 0 Å². The van der Waals surface area contributed by atoms with E-state index in [2.05, 4.69) is 5.10 Å². The number of allylic oxidation sites excluding steroid dienone is 1. The number of fused-ring (bicyclic) bond motifs is 1.